The van der Waals surface area contributed by atoms with Crippen molar-refractivity contribution in [2.75, 3.05) is 19.7 Å². The van der Waals surface area contributed by atoms with E-state index in [4.69, 9.17) is 10.5 Å². The number of hydrogen-bond donors (Lipinski definition) is 2. The Morgan fingerprint density at radius 2 is 2.10 bits per heavy atom. The summed E-state index contributed by atoms with van der Waals surface area (Å²) in [4.78, 5) is 4.15. The van der Waals surface area contributed by atoms with Gasteiger partial charge in [0.2, 0.25) is 0 Å². The Kier molecular flexibility index (Phi) is 6.76. The van der Waals surface area contributed by atoms with Crippen LogP contribution in [0.2, 0.25) is 0 Å². The van der Waals surface area contributed by atoms with E-state index in [1.54, 1.807) is 0 Å². The molecule has 0 fully saturated rings. The summed E-state index contributed by atoms with van der Waals surface area (Å²) in [6.07, 6.45) is 0.980. The van der Waals surface area contributed by atoms with E-state index in [1.165, 1.54) is 6.07 Å². The Bertz CT molecular complexity index is 450. The van der Waals surface area contributed by atoms with Crippen molar-refractivity contribution in [1.29, 1.82) is 0 Å². The summed E-state index contributed by atoms with van der Waals surface area (Å²) in [6, 6.07) is 3.41. The van der Waals surface area contributed by atoms with Crippen LogP contribution < -0.4 is 15.8 Å². The largest absolute Gasteiger partial charge is 0.492 e. The molecule has 1 rings (SSSR count). The van der Waals surface area contributed by atoms with Crippen molar-refractivity contribution in [2.45, 2.75) is 20.3 Å². The molecule has 0 atom stereocenters. The van der Waals surface area contributed by atoms with E-state index in [0.29, 0.717) is 25.0 Å². The smallest absolute Gasteiger partial charge is 0.188 e. The average molecular weight is 285 g/mol. The zero-order chi connectivity index (χ0) is 15.0. The average Bonchev–Trinajstić information content (AvgIpc) is 2.38. The lowest BCUT2D eigenvalue weighted by atomic mass is 10.1. The number of aliphatic imine (C=N–C) groups is 1. The molecule has 6 heteroatoms. The normalized spacial score (nSPS) is 11.8. The summed E-state index contributed by atoms with van der Waals surface area (Å²) in [7, 11) is 0. The standard InChI is InChI=1S/C14H21F2N3O/c1-10(2)5-6-18-14(17)19-7-8-20-11-3-4-12(15)13(16)9-11/h3-4,9-10H,5-8H2,1-2H3,(H3,17,18,19). The van der Waals surface area contributed by atoms with E-state index in [2.05, 4.69) is 24.2 Å². The van der Waals surface area contributed by atoms with Crippen LogP contribution in [0.3, 0.4) is 0 Å². The molecule has 0 aliphatic rings. The second kappa shape index (κ2) is 8.35. The number of guanidine groups is 1. The molecule has 20 heavy (non-hydrogen) atoms. The van der Waals surface area contributed by atoms with Crippen molar-refractivity contribution in [1.82, 2.24) is 5.32 Å². The summed E-state index contributed by atoms with van der Waals surface area (Å²) >= 11 is 0. The maximum absolute atomic E-state index is 12.9. The Hall–Kier alpha value is -1.85. The molecule has 0 amide bonds. The predicted octanol–water partition coefficient (Wildman–Crippen LogP) is 2.29. The van der Waals surface area contributed by atoms with E-state index in [-0.39, 0.29) is 12.4 Å². The van der Waals surface area contributed by atoms with Gasteiger partial charge in [-0.25, -0.2) is 8.78 Å². The number of nitrogens with zero attached hydrogens (tertiary/aromatic N) is 1. The van der Waals surface area contributed by atoms with Crippen molar-refractivity contribution in [3.05, 3.63) is 29.8 Å². The van der Waals surface area contributed by atoms with Gasteiger partial charge in [0.15, 0.2) is 17.6 Å². The van der Waals surface area contributed by atoms with Crippen molar-refractivity contribution < 1.29 is 13.5 Å². The highest BCUT2D eigenvalue weighted by atomic mass is 19.2. The van der Waals surface area contributed by atoms with E-state index >= 15 is 0 Å². The zero-order valence-electron chi connectivity index (χ0n) is 11.8. The number of nitrogens with two attached hydrogens (primary N) is 1. The van der Waals surface area contributed by atoms with E-state index in [1.807, 2.05) is 0 Å². The molecule has 0 bridgehead atoms. The van der Waals surface area contributed by atoms with Crippen LogP contribution in [0.15, 0.2) is 23.2 Å². The fourth-order valence-corrected chi connectivity index (χ4v) is 1.41. The first-order valence-corrected chi connectivity index (χ1v) is 6.60. The van der Waals surface area contributed by atoms with Crippen molar-refractivity contribution in [3.63, 3.8) is 0 Å². The van der Waals surface area contributed by atoms with Crippen molar-refractivity contribution in [2.24, 2.45) is 16.6 Å². The van der Waals surface area contributed by atoms with Gasteiger partial charge in [-0.2, -0.15) is 0 Å². The fraction of sp³-hybridized carbons (Fsp3) is 0.500. The fourth-order valence-electron chi connectivity index (χ4n) is 1.41. The van der Waals surface area contributed by atoms with Crippen LogP contribution in [0.1, 0.15) is 20.3 Å². The highest BCUT2D eigenvalue weighted by molar-refractivity contribution is 5.77. The molecule has 112 valence electrons. The summed E-state index contributed by atoms with van der Waals surface area (Å²) in [5.41, 5.74) is 5.66. The van der Waals surface area contributed by atoms with E-state index < -0.39 is 11.6 Å². The molecule has 4 nitrogen and oxygen atoms in total. The van der Waals surface area contributed by atoms with E-state index in [9.17, 15) is 8.78 Å². The first kappa shape index (κ1) is 16.2. The number of nitrogens with one attached hydrogen (secondary N) is 1. The van der Waals surface area contributed by atoms with Crippen LogP contribution in [0, 0.1) is 17.6 Å². The monoisotopic (exact) mass is 285 g/mol. The Balaban J connectivity index is 2.22. The van der Waals surface area contributed by atoms with Crippen LogP contribution in [0.4, 0.5) is 8.78 Å². The van der Waals surface area contributed by atoms with Crippen LogP contribution >= 0.6 is 0 Å². The highest BCUT2D eigenvalue weighted by Crippen LogP contribution is 2.14. The Morgan fingerprint density at radius 3 is 2.75 bits per heavy atom. The van der Waals surface area contributed by atoms with Gasteiger partial charge in [-0.15, -0.1) is 0 Å². The van der Waals surface area contributed by atoms with Crippen LogP contribution in [-0.2, 0) is 0 Å². The third-order valence-corrected chi connectivity index (χ3v) is 2.56. The second-order valence-corrected chi connectivity index (χ2v) is 4.80. The molecule has 0 saturated carbocycles. The van der Waals surface area contributed by atoms with Gasteiger partial charge in [-0.3, -0.25) is 4.99 Å². The first-order chi connectivity index (χ1) is 9.49. The lowest BCUT2D eigenvalue weighted by molar-refractivity contribution is 0.319. The maximum atomic E-state index is 12.9. The van der Waals surface area contributed by atoms with Crippen LogP contribution in [-0.4, -0.2) is 25.7 Å². The minimum Gasteiger partial charge on any atom is -0.492 e. The molecule has 1 aromatic carbocycles. The van der Waals surface area contributed by atoms with Crippen LogP contribution in [0.25, 0.3) is 0 Å². The molecule has 0 spiro atoms. The molecular weight excluding hydrogens is 264 g/mol. The van der Waals surface area contributed by atoms with Gasteiger partial charge in [0.25, 0.3) is 0 Å². The molecule has 0 heterocycles. The lowest BCUT2D eigenvalue weighted by Crippen LogP contribution is -2.34. The first-order valence-electron chi connectivity index (χ1n) is 6.60. The molecule has 3 N–H and O–H groups in total. The molecule has 0 radical (unpaired) electrons. The molecule has 0 aromatic heterocycles. The summed E-state index contributed by atoms with van der Waals surface area (Å²) < 4.78 is 30.9. The van der Waals surface area contributed by atoms with Crippen LogP contribution in [0.5, 0.6) is 5.75 Å². The number of benzene rings is 1. The lowest BCUT2D eigenvalue weighted by Gasteiger charge is -2.08. The Labute approximate surface area is 118 Å². The van der Waals surface area contributed by atoms with Crippen molar-refractivity contribution in [3.8, 4) is 5.75 Å². The SMILES string of the molecule is CC(C)CCN=C(N)NCCOc1ccc(F)c(F)c1. The minimum atomic E-state index is -0.926. The third kappa shape index (κ3) is 6.36. The van der Waals surface area contributed by atoms with Gasteiger partial charge in [-0.05, 0) is 24.5 Å². The van der Waals surface area contributed by atoms with Gasteiger partial charge in [-0.1, -0.05) is 13.8 Å². The molecule has 0 aliphatic carbocycles. The minimum absolute atomic E-state index is 0.279. The second-order valence-electron chi connectivity index (χ2n) is 4.80. The number of ether oxygens (including phenoxy) is 1. The van der Waals surface area contributed by atoms with E-state index in [0.717, 1.165) is 18.6 Å². The van der Waals surface area contributed by atoms with Crippen molar-refractivity contribution >= 4 is 5.96 Å². The number of halogens is 2. The van der Waals surface area contributed by atoms with Gasteiger partial charge in [0.1, 0.15) is 12.4 Å². The maximum Gasteiger partial charge on any atom is 0.188 e. The third-order valence-electron chi connectivity index (χ3n) is 2.56. The zero-order valence-corrected chi connectivity index (χ0v) is 11.8. The predicted molar refractivity (Wildman–Crippen MR) is 75.8 cm³/mol. The number of hydrogen-bond acceptors (Lipinski definition) is 2. The molecule has 0 unspecified atom stereocenters. The highest BCUT2D eigenvalue weighted by Gasteiger charge is 2.02. The number of rotatable bonds is 7. The topological polar surface area (TPSA) is 59.6 Å². The summed E-state index contributed by atoms with van der Waals surface area (Å²) in [5.74, 6) is -0.592. The molecule has 0 aliphatic heterocycles. The summed E-state index contributed by atoms with van der Waals surface area (Å²) in [6.45, 7) is 5.64. The van der Waals surface area contributed by atoms with Gasteiger partial charge in [0, 0.05) is 12.6 Å². The molecule has 0 saturated heterocycles. The summed E-state index contributed by atoms with van der Waals surface area (Å²) in [5, 5.41) is 2.89. The Morgan fingerprint density at radius 1 is 1.35 bits per heavy atom. The molecule has 1 aromatic rings. The quantitative estimate of drug-likeness (QED) is 0.459. The van der Waals surface area contributed by atoms with Gasteiger partial charge >= 0.3 is 0 Å². The molecular formula is C14H21F2N3O. The van der Waals surface area contributed by atoms with Gasteiger partial charge < -0.3 is 15.8 Å². The van der Waals surface area contributed by atoms with Gasteiger partial charge in [0.05, 0.1) is 6.54 Å².